The topological polar surface area (TPSA) is 83.1 Å². The number of carbonyl (C=O) groups excluding carboxylic acids is 2. The molecule has 0 radical (unpaired) electrons. The molecule has 1 rings (SSSR count). The minimum atomic E-state index is -0.757. The van der Waals surface area contributed by atoms with Crippen LogP contribution in [0.3, 0.4) is 0 Å². The van der Waals surface area contributed by atoms with Crippen LogP contribution in [0.1, 0.15) is 35.5 Å². The number of carbonyl (C=O) groups is 2. The lowest BCUT2D eigenvalue weighted by Crippen LogP contribution is -2.20. The molecule has 0 fully saturated rings. The summed E-state index contributed by atoms with van der Waals surface area (Å²) >= 11 is 5.58. The molecule has 1 atom stereocenters. The maximum absolute atomic E-state index is 11.4. The monoisotopic (exact) mass is 254 g/mol. The van der Waals surface area contributed by atoms with E-state index in [-0.39, 0.29) is 22.8 Å². The molecule has 0 bridgehead atoms. The van der Waals surface area contributed by atoms with Gasteiger partial charge >= 0.3 is 0 Å². The summed E-state index contributed by atoms with van der Waals surface area (Å²) in [5.41, 5.74) is 0.214. The molecule has 1 aromatic heterocycles. The van der Waals surface area contributed by atoms with Gasteiger partial charge in [0.1, 0.15) is 22.8 Å². The van der Waals surface area contributed by atoms with Crippen molar-refractivity contribution in [2.45, 2.75) is 26.1 Å². The quantitative estimate of drug-likeness (QED) is 0.662. The number of ketones is 1. The van der Waals surface area contributed by atoms with Gasteiger partial charge in [0.05, 0.1) is 5.56 Å². The Labute approximate surface area is 103 Å². The van der Waals surface area contributed by atoms with Crippen LogP contribution in [0.2, 0.25) is 0 Å². The molecule has 0 aliphatic heterocycles. The van der Waals surface area contributed by atoms with Crippen molar-refractivity contribution in [3.05, 3.63) is 16.9 Å². The minimum absolute atomic E-state index is 0.0284. The van der Waals surface area contributed by atoms with E-state index in [9.17, 15) is 9.59 Å². The smallest absolute Gasteiger partial charge is 0.244 e. The number of hydrogen-bond acceptors (Lipinski definition) is 4. The molecule has 0 saturated carbocycles. The molecule has 0 saturated heterocycles. The van der Waals surface area contributed by atoms with Crippen LogP contribution in [0.4, 0.5) is 5.88 Å². The van der Waals surface area contributed by atoms with Crippen LogP contribution in [0.25, 0.3) is 0 Å². The summed E-state index contributed by atoms with van der Waals surface area (Å²) in [5, 5.41) is 10.6. The van der Waals surface area contributed by atoms with Crippen molar-refractivity contribution in [1.82, 2.24) is 0 Å². The number of aryl methyl sites for hydroxylation is 1. The first kappa shape index (κ1) is 13.3. The Balaban J connectivity index is 3.19. The predicted molar refractivity (Wildman–Crippen MR) is 62.1 cm³/mol. The van der Waals surface area contributed by atoms with Gasteiger partial charge in [0.2, 0.25) is 11.8 Å². The third kappa shape index (κ3) is 2.66. The van der Waals surface area contributed by atoms with Crippen molar-refractivity contribution in [3.8, 4) is 6.07 Å². The summed E-state index contributed by atoms with van der Waals surface area (Å²) in [6.45, 7) is 4.37. The number of furan rings is 1. The molecule has 1 aromatic rings. The van der Waals surface area contributed by atoms with Crippen LogP contribution in [0.15, 0.2) is 4.42 Å². The van der Waals surface area contributed by atoms with E-state index in [0.29, 0.717) is 5.76 Å². The number of hydrogen-bond donors (Lipinski definition) is 1. The van der Waals surface area contributed by atoms with Gasteiger partial charge < -0.3 is 4.42 Å². The van der Waals surface area contributed by atoms with Gasteiger partial charge in [-0.25, -0.2) is 0 Å². The van der Waals surface area contributed by atoms with Crippen LogP contribution in [-0.2, 0) is 4.79 Å². The second-order valence-corrected chi connectivity index (χ2v) is 4.17. The zero-order chi connectivity index (χ0) is 13.2. The van der Waals surface area contributed by atoms with Crippen molar-refractivity contribution in [3.63, 3.8) is 0 Å². The maximum Gasteiger partial charge on any atom is 0.244 e. The first-order chi connectivity index (χ1) is 7.88. The van der Waals surface area contributed by atoms with Crippen LogP contribution in [-0.4, -0.2) is 17.1 Å². The number of alkyl halides is 1. The number of halogens is 1. The van der Waals surface area contributed by atoms with Crippen LogP contribution < -0.4 is 5.32 Å². The highest BCUT2D eigenvalue weighted by Crippen LogP contribution is 2.26. The molecule has 1 heterocycles. The summed E-state index contributed by atoms with van der Waals surface area (Å²) < 4.78 is 5.18. The van der Waals surface area contributed by atoms with Gasteiger partial charge in [-0.3, -0.25) is 14.9 Å². The van der Waals surface area contributed by atoms with Gasteiger partial charge in [-0.05, 0) is 20.8 Å². The highest BCUT2D eigenvalue weighted by Gasteiger charge is 2.23. The number of amides is 1. The van der Waals surface area contributed by atoms with Gasteiger partial charge in [0.15, 0.2) is 5.78 Å². The second-order valence-electron chi connectivity index (χ2n) is 3.51. The van der Waals surface area contributed by atoms with Crippen LogP contribution >= 0.6 is 11.6 Å². The maximum atomic E-state index is 11.4. The molecule has 0 aliphatic rings. The van der Waals surface area contributed by atoms with Crippen molar-refractivity contribution in [2.75, 3.05) is 5.32 Å². The lowest BCUT2D eigenvalue weighted by Gasteiger charge is -2.02. The lowest BCUT2D eigenvalue weighted by atomic mass is 10.1. The van der Waals surface area contributed by atoms with E-state index in [0.717, 1.165) is 0 Å². The molecule has 6 heteroatoms. The molecule has 17 heavy (non-hydrogen) atoms. The van der Waals surface area contributed by atoms with Gasteiger partial charge in [-0.15, -0.1) is 11.6 Å². The molecular weight excluding hydrogens is 244 g/mol. The Morgan fingerprint density at radius 2 is 2.12 bits per heavy atom. The Kier molecular flexibility index (Phi) is 3.92. The zero-order valence-corrected chi connectivity index (χ0v) is 10.4. The molecule has 1 amide bonds. The Morgan fingerprint density at radius 3 is 2.53 bits per heavy atom. The van der Waals surface area contributed by atoms with E-state index in [1.807, 2.05) is 6.07 Å². The highest BCUT2D eigenvalue weighted by atomic mass is 35.5. The van der Waals surface area contributed by atoms with Gasteiger partial charge in [0, 0.05) is 0 Å². The fraction of sp³-hybridized carbons (Fsp3) is 0.364. The number of rotatable bonds is 3. The third-order valence-electron chi connectivity index (χ3n) is 2.15. The van der Waals surface area contributed by atoms with Crippen molar-refractivity contribution in [2.24, 2.45) is 0 Å². The fourth-order valence-electron chi connectivity index (χ4n) is 1.37. The molecule has 1 N–H and O–H groups in total. The van der Waals surface area contributed by atoms with E-state index in [2.05, 4.69) is 5.32 Å². The Morgan fingerprint density at radius 1 is 1.53 bits per heavy atom. The Hall–Kier alpha value is -1.80. The first-order valence-electron chi connectivity index (χ1n) is 4.87. The average Bonchev–Trinajstić information content (AvgIpc) is 2.53. The number of nitrogens with zero attached hydrogens (tertiary/aromatic N) is 1. The summed E-state index contributed by atoms with van der Waals surface area (Å²) in [5.74, 6) is -0.520. The third-order valence-corrected chi connectivity index (χ3v) is 2.34. The fourth-order valence-corrected chi connectivity index (χ4v) is 1.43. The standard InChI is InChI=1S/C11H11ClN2O3/c1-5(12)10(16)14-11-8(4-13)9(6(2)15)7(3)17-11/h5H,1-3H3,(H,14,16). The minimum Gasteiger partial charge on any atom is -0.443 e. The molecule has 0 aliphatic carbocycles. The highest BCUT2D eigenvalue weighted by molar-refractivity contribution is 6.32. The zero-order valence-electron chi connectivity index (χ0n) is 9.63. The van der Waals surface area contributed by atoms with Crippen molar-refractivity contribution in [1.29, 1.82) is 5.26 Å². The molecular formula is C11H11ClN2O3. The van der Waals surface area contributed by atoms with Gasteiger partial charge in [-0.2, -0.15) is 5.26 Å². The number of anilines is 1. The second kappa shape index (κ2) is 5.02. The summed E-state index contributed by atoms with van der Waals surface area (Å²) in [6, 6.07) is 1.84. The molecule has 90 valence electrons. The van der Waals surface area contributed by atoms with Gasteiger partial charge in [-0.1, -0.05) is 0 Å². The Bertz CT molecular complexity index is 512. The number of Topliss-reactive ketones (excluding diaryl/α,β-unsaturated/α-hetero) is 1. The first-order valence-corrected chi connectivity index (χ1v) is 5.31. The number of nitrogens with one attached hydrogen (secondary N) is 1. The lowest BCUT2D eigenvalue weighted by molar-refractivity contribution is -0.115. The molecule has 1 unspecified atom stereocenters. The summed E-state index contributed by atoms with van der Waals surface area (Å²) in [7, 11) is 0. The van der Waals surface area contributed by atoms with Crippen LogP contribution in [0, 0.1) is 18.3 Å². The summed E-state index contributed by atoms with van der Waals surface area (Å²) in [6.07, 6.45) is 0. The van der Waals surface area contributed by atoms with E-state index in [4.69, 9.17) is 21.3 Å². The van der Waals surface area contributed by atoms with E-state index >= 15 is 0 Å². The number of nitriles is 1. The van der Waals surface area contributed by atoms with E-state index in [1.54, 1.807) is 6.92 Å². The molecule has 5 nitrogen and oxygen atoms in total. The molecule has 0 aromatic carbocycles. The van der Waals surface area contributed by atoms with Gasteiger partial charge in [0.25, 0.3) is 0 Å². The average molecular weight is 255 g/mol. The SMILES string of the molecule is CC(=O)c1c(C)oc(NC(=O)C(C)Cl)c1C#N. The largest absolute Gasteiger partial charge is 0.443 e. The summed E-state index contributed by atoms with van der Waals surface area (Å²) in [4.78, 5) is 22.7. The van der Waals surface area contributed by atoms with Crippen LogP contribution in [0.5, 0.6) is 0 Å². The predicted octanol–water partition coefficient (Wildman–Crippen LogP) is 2.23. The molecule has 0 spiro atoms. The van der Waals surface area contributed by atoms with Crippen molar-refractivity contribution < 1.29 is 14.0 Å². The van der Waals surface area contributed by atoms with E-state index in [1.165, 1.54) is 13.8 Å². The normalized spacial score (nSPS) is 11.7. The van der Waals surface area contributed by atoms with Crippen molar-refractivity contribution >= 4 is 29.2 Å². The van der Waals surface area contributed by atoms with E-state index < -0.39 is 11.3 Å².